The topological polar surface area (TPSA) is 84.2 Å². The van der Waals surface area contributed by atoms with E-state index in [0.29, 0.717) is 5.56 Å². The number of hydrogen-bond acceptors (Lipinski definition) is 5. The SMILES string of the molecule is C[C@H](C#N)OC(=O)c1ccc(C(=O)C(=O)c2ccccc2)cc1. The molecule has 0 saturated heterocycles. The van der Waals surface area contributed by atoms with Crippen LogP contribution in [0.4, 0.5) is 0 Å². The monoisotopic (exact) mass is 307 g/mol. The van der Waals surface area contributed by atoms with E-state index in [2.05, 4.69) is 0 Å². The van der Waals surface area contributed by atoms with Gasteiger partial charge in [-0.05, 0) is 19.1 Å². The number of ketones is 2. The number of nitrogens with zero attached hydrogens (tertiary/aromatic N) is 1. The van der Waals surface area contributed by atoms with Crippen molar-refractivity contribution < 1.29 is 19.1 Å². The average Bonchev–Trinajstić information content (AvgIpc) is 2.61. The summed E-state index contributed by atoms with van der Waals surface area (Å²) in [5.74, 6) is -1.92. The number of carbonyl (C=O) groups is 3. The van der Waals surface area contributed by atoms with E-state index < -0.39 is 23.6 Å². The second-order valence-corrected chi connectivity index (χ2v) is 4.78. The summed E-state index contributed by atoms with van der Waals surface area (Å²) in [6.07, 6.45) is -0.858. The molecule has 1 atom stereocenters. The molecule has 0 bridgehead atoms. The molecular weight excluding hydrogens is 294 g/mol. The summed E-state index contributed by atoms with van der Waals surface area (Å²) in [4.78, 5) is 35.9. The first kappa shape index (κ1) is 16.1. The molecule has 23 heavy (non-hydrogen) atoms. The Hall–Kier alpha value is -3.26. The number of hydrogen-bond donors (Lipinski definition) is 0. The molecule has 0 aromatic heterocycles. The first-order chi connectivity index (χ1) is 11.0. The lowest BCUT2D eigenvalue weighted by Gasteiger charge is -2.06. The molecule has 0 fully saturated rings. The van der Waals surface area contributed by atoms with Crippen LogP contribution in [0, 0.1) is 11.3 Å². The fourth-order valence-corrected chi connectivity index (χ4v) is 1.86. The third-order valence-electron chi connectivity index (χ3n) is 3.09. The highest BCUT2D eigenvalue weighted by atomic mass is 16.5. The Morgan fingerprint density at radius 3 is 1.87 bits per heavy atom. The average molecular weight is 307 g/mol. The quantitative estimate of drug-likeness (QED) is 0.482. The second-order valence-electron chi connectivity index (χ2n) is 4.78. The molecule has 0 N–H and O–H groups in total. The number of ether oxygens (including phenoxy) is 1. The summed E-state index contributed by atoms with van der Waals surface area (Å²) in [7, 11) is 0. The van der Waals surface area contributed by atoms with Crippen molar-refractivity contribution in [2.24, 2.45) is 0 Å². The molecule has 0 unspecified atom stereocenters. The van der Waals surface area contributed by atoms with Crippen LogP contribution in [0.5, 0.6) is 0 Å². The molecule has 0 heterocycles. The minimum absolute atomic E-state index is 0.184. The summed E-state index contributed by atoms with van der Waals surface area (Å²) < 4.78 is 4.85. The van der Waals surface area contributed by atoms with Crippen molar-refractivity contribution in [3.8, 4) is 6.07 Å². The summed E-state index contributed by atoms with van der Waals surface area (Å²) in [5.41, 5.74) is 0.698. The third-order valence-corrected chi connectivity index (χ3v) is 3.09. The highest BCUT2D eigenvalue weighted by Gasteiger charge is 2.19. The van der Waals surface area contributed by atoms with Gasteiger partial charge >= 0.3 is 5.97 Å². The van der Waals surface area contributed by atoms with Crippen molar-refractivity contribution in [2.45, 2.75) is 13.0 Å². The molecular formula is C18H13NO4. The van der Waals surface area contributed by atoms with Gasteiger partial charge in [0.25, 0.3) is 0 Å². The molecule has 5 nitrogen and oxygen atoms in total. The maximum atomic E-state index is 12.1. The van der Waals surface area contributed by atoms with Gasteiger partial charge in [-0.25, -0.2) is 4.79 Å². The van der Waals surface area contributed by atoms with Crippen molar-refractivity contribution in [3.05, 3.63) is 71.3 Å². The lowest BCUT2D eigenvalue weighted by Crippen LogP contribution is -2.15. The normalized spacial score (nSPS) is 11.1. The van der Waals surface area contributed by atoms with E-state index in [1.165, 1.54) is 31.2 Å². The predicted octanol–water partition coefficient (Wildman–Crippen LogP) is 2.82. The summed E-state index contributed by atoms with van der Waals surface area (Å²) >= 11 is 0. The van der Waals surface area contributed by atoms with Crippen molar-refractivity contribution in [1.82, 2.24) is 0 Å². The highest BCUT2D eigenvalue weighted by Crippen LogP contribution is 2.11. The lowest BCUT2D eigenvalue weighted by atomic mass is 10.0. The van der Waals surface area contributed by atoms with Crippen LogP contribution in [0.15, 0.2) is 54.6 Å². The first-order valence-electron chi connectivity index (χ1n) is 6.87. The number of benzene rings is 2. The second kappa shape index (κ2) is 7.14. The number of nitriles is 1. The molecule has 0 aliphatic rings. The Labute approximate surface area is 133 Å². The number of Topliss-reactive ketones (excluding diaryl/α,β-unsaturated/α-hetero) is 2. The smallest absolute Gasteiger partial charge is 0.339 e. The largest absolute Gasteiger partial charge is 0.444 e. The molecule has 2 aromatic rings. The van der Waals surface area contributed by atoms with Gasteiger partial charge in [0.05, 0.1) is 5.56 Å². The van der Waals surface area contributed by atoms with Gasteiger partial charge in [-0.3, -0.25) is 9.59 Å². The van der Waals surface area contributed by atoms with E-state index in [4.69, 9.17) is 10.00 Å². The summed E-state index contributed by atoms with van der Waals surface area (Å²) in [5, 5.41) is 8.61. The van der Waals surface area contributed by atoms with Crippen LogP contribution in [0.1, 0.15) is 38.0 Å². The maximum absolute atomic E-state index is 12.1. The Kier molecular flexibility index (Phi) is 5.00. The molecule has 0 aliphatic carbocycles. The fraction of sp³-hybridized carbons (Fsp3) is 0.111. The minimum atomic E-state index is -0.858. The Morgan fingerprint density at radius 2 is 1.35 bits per heavy atom. The van der Waals surface area contributed by atoms with Crippen LogP contribution in [0.25, 0.3) is 0 Å². The van der Waals surface area contributed by atoms with E-state index >= 15 is 0 Å². The van der Waals surface area contributed by atoms with E-state index in [9.17, 15) is 14.4 Å². The fourth-order valence-electron chi connectivity index (χ4n) is 1.86. The van der Waals surface area contributed by atoms with Crippen molar-refractivity contribution in [3.63, 3.8) is 0 Å². The van der Waals surface area contributed by atoms with Gasteiger partial charge in [0.15, 0.2) is 6.10 Å². The molecule has 0 spiro atoms. The molecule has 5 heteroatoms. The molecule has 0 saturated carbocycles. The lowest BCUT2D eigenvalue weighted by molar-refractivity contribution is 0.0435. The van der Waals surface area contributed by atoms with Crippen molar-refractivity contribution in [2.75, 3.05) is 0 Å². The number of esters is 1. The minimum Gasteiger partial charge on any atom is -0.444 e. The molecule has 2 rings (SSSR count). The van der Waals surface area contributed by atoms with Crippen LogP contribution in [-0.4, -0.2) is 23.6 Å². The molecule has 0 aliphatic heterocycles. The number of carbonyl (C=O) groups excluding carboxylic acids is 3. The zero-order valence-corrected chi connectivity index (χ0v) is 12.4. The third kappa shape index (κ3) is 3.89. The van der Waals surface area contributed by atoms with Crippen molar-refractivity contribution >= 4 is 17.5 Å². The number of rotatable bonds is 5. The van der Waals surface area contributed by atoms with Gasteiger partial charge in [0, 0.05) is 11.1 Å². The maximum Gasteiger partial charge on any atom is 0.339 e. The van der Waals surface area contributed by atoms with Crippen molar-refractivity contribution in [1.29, 1.82) is 5.26 Å². The van der Waals surface area contributed by atoms with E-state index in [1.54, 1.807) is 36.4 Å². The predicted molar refractivity (Wildman–Crippen MR) is 82.0 cm³/mol. The van der Waals surface area contributed by atoms with Crippen LogP contribution in [-0.2, 0) is 4.74 Å². The van der Waals surface area contributed by atoms with Crippen LogP contribution in [0.2, 0.25) is 0 Å². The van der Waals surface area contributed by atoms with Crippen LogP contribution >= 0.6 is 0 Å². The molecule has 0 radical (unpaired) electrons. The van der Waals surface area contributed by atoms with Crippen LogP contribution < -0.4 is 0 Å². The summed E-state index contributed by atoms with van der Waals surface area (Å²) in [6, 6.07) is 15.6. The standard InChI is InChI=1S/C18H13NO4/c1-12(11-19)23-18(22)15-9-7-14(8-10-15)17(21)16(20)13-5-3-2-4-6-13/h2-10,12H,1H3/t12-/m1/s1. The zero-order chi connectivity index (χ0) is 16.8. The Morgan fingerprint density at radius 1 is 0.870 bits per heavy atom. The van der Waals surface area contributed by atoms with E-state index in [1.807, 2.05) is 0 Å². The Bertz CT molecular complexity index is 773. The summed E-state index contributed by atoms with van der Waals surface area (Å²) in [6.45, 7) is 1.45. The zero-order valence-electron chi connectivity index (χ0n) is 12.4. The van der Waals surface area contributed by atoms with Gasteiger partial charge in [0.2, 0.25) is 11.6 Å². The van der Waals surface area contributed by atoms with E-state index in [0.717, 1.165) is 0 Å². The van der Waals surface area contributed by atoms with Gasteiger partial charge in [-0.2, -0.15) is 5.26 Å². The van der Waals surface area contributed by atoms with Crippen LogP contribution in [0.3, 0.4) is 0 Å². The van der Waals surface area contributed by atoms with Gasteiger partial charge in [0.1, 0.15) is 6.07 Å². The highest BCUT2D eigenvalue weighted by molar-refractivity contribution is 6.49. The van der Waals surface area contributed by atoms with Gasteiger partial charge in [-0.1, -0.05) is 42.5 Å². The Balaban J connectivity index is 2.13. The van der Waals surface area contributed by atoms with Gasteiger partial charge in [-0.15, -0.1) is 0 Å². The molecule has 2 aromatic carbocycles. The van der Waals surface area contributed by atoms with E-state index in [-0.39, 0.29) is 11.1 Å². The molecule has 0 amide bonds. The first-order valence-corrected chi connectivity index (χ1v) is 6.87. The molecule has 114 valence electrons. The van der Waals surface area contributed by atoms with Gasteiger partial charge < -0.3 is 4.74 Å².